The number of rotatable bonds is 3. The van der Waals surface area contributed by atoms with Crippen LogP contribution in [-0.2, 0) is 0 Å². The van der Waals surface area contributed by atoms with E-state index in [4.69, 9.17) is 0 Å². The topological polar surface area (TPSA) is 70.4 Å². The summed E-state index contributed by atoms with van der Waals surface area (Å²) in [4.78, 5) is 18.8. The predicted molar refractivity (Wildman–Crippen MR) is 85.9 cm³/mol. The van der Waals surface area contributed by atoms with Gasteiger partial charge in [-0.2, -0.15) is 0 Å². The van der Waals surface area contributed by atoms with Gasteiger partial charge in [-0.15, -0.1) is 0 Å². The molecule has 2 unspecified atom stereocenters. The summed E-state index contributed by atoms with van der Waals surface area (Å²) in [7, 11) is 0. The van der Waals surface area contributed by atoms with Crippen molar-refractivity contribution in [3.8, 4) is 0 Å². The van der Waals surface area contributed by atoms with E-state index in [0.29, 0.717) is 18.4 Å². The lowest BCUT2D eigenvalue weighted by atomic mass is 9.98. The van der Waals surface area contributed by atoms with Gasteiger partial charge in [-0.05, 0) is 49.9 Å². The van der Waals surface area contributed by atoms with E-state index in [1.807, 2.05) is 35.4 Å². The van der Waals surface area contributed by atoms with E-state index < -0.39 is 0 Å². The number of imidazole rings is 1. The van der Waals surface area contributed by atoms with Crippen molar-refractivity contribution in [1.82, 2.24) is 14.6 Å². The molecule has 6 heteroatoms. The second kappa shape index (κ2) is 5.70. The Hall–Kier alpha value is -2.34. The highest BCUT2D eigenvalue weighted by molar-refractivity contribution is 5.95. The molecule has 0 spiro atoms. The van der Waals surface area contributed by atoms with Crippen LogP contribution in [0.5, 0.6) is 0 Å². The molecule has 2 saturated heterocycles. The molecule has 2 atom stereocenters. The number of aromatic nitrogens is 2. The van der Waals surface area contributed by atoms with Gasteiger partial charge in [0.05, 0.1) is 11.8 Å². The van der Waals surface area contributed by atoms with Gasteiger partial charge < -0.3 is 10.0 Å². The Balaban J connectivity index is 1.49. The molecule has 2 bridgehead atoms. The van der Waals surface area contributed by atoms with Gasteiger partial charge in [0, 0.05) is 30.0 Å². The number of hydrogen-bond donors (Lipinski definition) is 2. The van der Waals surface area contributed by atoms with E-state index in [-0.39, 0.29) is 24.1 Å². The minimum atomic E-state index is -0.252. The molecule has 2 aliphatic rings. The summed E-state index contributed by atoms with van der Waals surface area (Å²) in [5, 5.41) is 9.87. The molecule has 1 amide bonds. The van der Waals surface area contributed by atoms with Gasteiger partial charge in [-0.1, -0.05) is 0 Å². The molecule has 1 aromatic heterocycles. The van der Waals surface area contributed by atoms with Crippen molar-refractivity contribution in [1.29, 1.82) is 0 Å². The Bertz CT molecular complexity index is 669. The number of piperidine rings is 1. The van der Waals surface area contributed by atoms with Crippen LogP contribution in [0.25, 0.3) is 0 Å². The van der Waals surface area contributed by atoms with E-state index in [2.05, 4.69) is 10.4 Å². The van der Waals surface area contributed by atoms with Gasteiger partial charge in [-0.25, -0.2) is 4.98 Å². The van der Waals surface area contributed by atoms with E-state index in [0.717, 1.165) is 18.5 Å². The largest absolute Gasteiger partial charge is 0.393 e. The molecular weight excluding hydrogens is 292 g/mol. The Labute approximate surface area is 134 Å². The first-order valence-corrected chi connectivity index (χ1v) is 8.06. The van der Waals surface area contributed by atoms with Gasteiger partial charge in [0.2, 0.25) is 0 Å². The number of aliphatic hydroxyl groups excluding tert-OH is 1. The Kier molecular flexibility index (Phi) is 3.53. The third kappa shape index (κ3) is 2.70. The third-order valence-corrected chi connectivity index (χ3v) is 4.84. The van der Waals surface area contributed by atoms with Crippen molar-refractivity contribution in [2.75, 3.05) is 5.43 Å². The number of aliphatic hydroxyl groups is 1. The SMILES string of the molecule is O=C(c1ccc(Nn2ccnc2)cc1)N1C2CCC1CC(O)C2. The number of anilines is 1. The average Bonchev–Trinajstić information content (AvgIpc) is 3.14. The lowest BCUT2D eigenvalue weighted by Crippen LogP contribution is -2.47. The maximum atomic E-state index is 12.8. The molecule has 0 radical (unpaired) electrons. The van der Waals surface area contributed by atoms with Crippen LogP contribution in [0.4, 0.5) is 5.69 Å². The molecule has 2 aromatic rings. The standard InChI is InChI=1S/C17H20N4O2/c22-16-9-14-5-6-15(10-16)21(14)17(23)12-1-3-13(4-2-12)19-20-8-7-18-11-20/h1-4,7-8,11,14-16,19,22H,5-6,9-10H2. The number of fused-ring (bicyclic) bond motifs is 2. The fourth-order valence-electron chi connectivity index (χ4n) is 3.79. The van der Waals surface area contributed by atoms with Crippen LogP contribution in [0, 0.1) is 0 Å². The van der Waals surface area contributed by atoms with E-state index in [9.17, 15) is 9.90 Å². The number of carbonyl (C=O) groups is 1. The molecule has 0 aliphatic carbocycles. The lowest BCUT2D eigenvalue weighted by Gasteiger charge is -2.37. The Morgan fingerprint density at radius 3 is 2.48 bits per heavy atom. The first-order chi connectivity index (χ1) is 11.2. The molecule has 2 aliphatic heterocycles. The average molecular weight is 312 g/mol. The van der Waals surface area contributed by atoms with Crippen LogP contribution in [0.15, 0.2) is 43.0 Å². The highest BCUT2D eigenvalue weighted by atomic mass is 16.3. The second-order valence-corrected chi connectivity index (χ2v) is 6.38. The zero-order chi connectivity index (χ0) is 15.8. The van der Waals surface area contributed by atoms with Gasteiger partial charge in [0.1, 0.15) is 6.33 Å². The van der Waals surface area contributed by atoms with Gasteiger partial charge in [-0.3, -0.25) is 14.9 Å². The van der Waals surface area contributed by atoms with E-state index in [1.54, 1.807) is 17.2 Å². The molecule has 120 valence electrons. The minimum absolute atomic E-state index is 0.0820. The zero-order valence-electron chi connectivity index (χ0n) is 12.8. The monoisotopic (exact) mass is 312 g/mol. The molecule has 2 fully saturated rings. The first-order valence-electron chi connectivity index (χ1n) is 8.06. The predicted octanol–water partition coefficient (Wildman–Crippen LogP) is 1.89. The summed E-state index contributed by atoms with van der Waals surface area (Å²) in [6, 6.07) is 7.89. The third-order valence-electron chi connectivity index (χ3n) is 4.84. The fourth-order valence-corrected chi connectivity index (χ4v) is 3.79. The first kappa shape index (κ1) is 14.3. The summed E-state index contributed by atoms with van der Waals surface area (Å²) in [6.45, 7) is 0. The molecule has 0 saturated carbocycles. The van der Waals surface area contributed by atoms with Crippen molar-refractivity contribution in [3.05, 3.63) is 48.5 Å². The smallest absolute Gasteiger partial charge is 0.254 e. The van der Waals surface area contributed by atoms with Crippen molar-refractivity contribution in [2.24, 2.45) is 0 Å². The number of nitrogens with one attached hydrogen (secondary N) is 1. The number of benzene rings is 1. The van der Waals surface area contributed by atoms with Crippen molar-refractivity contribution in [3.63, 3.8) is 0 Å². The van der Waals surface area contributed by atoms with Gasteiger partial charge in [0.25, 0.3) is 5.91 Å². The highest BCUT2D eigenvalue weighted by Crippen LogP contribution is 2.36. The maximum absolute atomic E-state index is 12.8. The molecule has 1 aromatic carbocycles. The van der Waals surface area contributed by atoms with E-state index in [1.165, 1.54) is 0 Å². The maximum Gasteiger partial charge on any atom is 0.254 e. The van der Waals surface area contributed by atoms with Crippen LogP contribution in [-0.4, -0.2) is 43.8 Å². The number of nitrogens with zero attached hydrogens (tertiary/aromatic N) is 3. The van der Waals surface area contributed by atoms with Gasteiger partial charge >= 0.3 is 0 Å². The molecule has 6 nitrogen and oxygen atoms in total. The lowest BCUT2D eigenvalue weighted by molar-refractivity contribution is 0.0287. The summed E-state index contributed by atoms with van der Waals surface area (Å²) in [5.74, 6) is 0.0820. The van der Waals surface area contributed by atoms with Gasteiger partial charge in [0.15, 0.2) is 0 Å². The quantitative estimate of drug-likeness (QED) is 0.908. The summed E-state index contributed by atoms with van der Waals surface area (Å²) >= 11 is 0. The number of carbonyl (C=O) groups excluding carboxylic acids is 1. The van der Waals surface area contributed by atoms with Crippen molar-refractivity contribution >= 4 is 11.6 Å². The highest BCUT2D eigenvalue weighted by Gasteiger charge is 2.42. The van der Waals surface area contributed by atoms with Crippen LogP contribution < -0.4 is 5.43 Å². The molecule has 3 heterocycles. The second-order valence-electron chi connectivity index (χ2n) is 6.38. The summed E-state index contributed by atoms with van der Waals surface area (Å²) in [6.07, 6.45) is 8.38. The van der Waals surface area contributed by atoms with Crippen LogP contribution >= 0.6 is 0 Å². The van der Waals surface area contributed by atoms with Crippen LogP contribution in [0.2, 0.25) is 0 Å². The zero-order valence-corrected chi connectivity index (χ0v) is 12.8. The van der Waals surface area contributed by atoms with E-state index >= 15 is 0 Å². The van der Waals surface area contributed by atoms with Crippen LogP contribution in [0.1, 0.15) is 36.0 Å². The van der Waals surface area contributed by atoms with Crippen molar-refractivity contribution in [2.45, 2.75) is 43.9 Å². The minimum Gasteiger partial charge on any atom is -0.393 e. The Morgan fingerprint density at radius 2 is 1.87 bits per heavy atom. The van der Waals surface area contributed by atoms with Crippen molar-refractivity contribution < 1.29 is 9.90 Å². The normalized spacial score (nSPS) is 26.3. The number of amides is 1. The molecular formula is C17H20N4O2. The summed E-state index contributed by atoms with van der Waals surface area (Å²) < 4.78 is 1.75. The van der Waals surface area contributed by atoms with Crippen LogP contribution in [0.3, 0.4) is 0 Å². The number of hydrogen-bond acceptors (Lipinski definition) is 4. The molecule has 23 heavy (non-hydrogen) atoms. The Morgan fingerprint density at radius 1 is 1.17 bits per heavy atom. The molecule has 4 rings (SSSR count). The summed E-state index contributed by atoms with van der Waals surface area (Å²) in [5.41, 5.74) is 4.76. The fraction of sp³-hybridized carbons (Fsp3) is 0.412. The molecule has 2 N–H and O–H groups in total.